The Labute approximate surface area is 153 Å². The van der Waals surface area contributed by atoms with E-state index in [-0.39, 0.29) is 12.0 Å². The third kappa shape index (κ3) is 3.40. The van der Waals surface area contributed by atoms with Crippen LogP contribution < -0.4 is 0 Å². The largest absolute Gasteiger partial charge is 0.367 e. The number of amides is 1. The van der Waals surface area contributed by atoms with E-state index >= 15 is 0 Å². The number of ether oxygens (including phenoxy) is 1. The molecule has 26 heavy (non-hydrogen) atoms. The zero-order chi connectivity index (χ0) is 18.1. The van der Waals surface area contributed by atoms with Gasteiger partial charge in [0.05, 0.1) is 24.5 Å². The molecule has 0 N–H and O–H groups in total. The highest BCUT2D eigenvalue weighted by Crippen LogP contribution is 2.32. The molecular formula is C19H26N4O3. The molecule has 1 unspecified atom stereocenters. The summed E-state index contributed by atoms with van der Waals surface area (Å²) in [5.41, 5.74) is 1.87. The van der Waals surface area contributed by atoms with E-state index in [1.165, 1.54) is 19.3 Å². The Balaban J connectivity index is 1.46. The Morgan fingerprint density at radius 2 is 2.08 bits per heavy atom. The SMILES string of the molecule is Cc1cn(C)c(C2CN(C(=O)c3cc(C4CCCCC4)no3)CCO2)n1. The van der Waals surface area contributed by atoms with Gasteiger partial charge < -0.3 is 18.7 Å². The molecule has 1 aliphatic heterocycles. The predicted octanol–water partition coefficient (Wildman–Crippen LogP) is 2.98. The molecule has 2 fully saturated rings. The quantitative estimate of drug-likeness (QED) is 0.843. The zero-order valence-corrected chi connectivity index (χ0v) is 15.5. The number of aryl methyl sites for hydroxylation is 2. The van der Waals surface area contributed by atoms with E-state index in [1.807, 2.05) is 30.8 Å². The first-order valence-corrected chi connectivity index (χ1v) is 9.49. The number of hydrogen-bond donors (Lipinski definition) is 0. The standard InChI is InChI=1S/C19H26N4O3/c1-13-11-22(2)18(20-13)17-12-23(8-9-25-17)19(24)16-10-15(21-26-16)14-6-4-3-5-7-14/h10-11,14,17H,3-9,12H2,1-2H3. The van der Waals surface area contributed by atoms with E-state index in [1.54, 1.807) is 4.90 Å². The fourth-order valence-corrected chi connectivity index (χ4v) is 4.06. The molecule has 0 spiro atoms. The zero-order valence-electron chi connectivity index (χ0n) is 15.5. The van der Waals surface area contributed by atoms with Gasteiger partial charge in [0.2, 0.25) is 5.76 Å². The smallest absolute Gasteiger partial charge is 0.292 e. The summed E-state index contributed by atoms with van der Waals surface area (Å²) in [4.78, 5) is 19.2. The Morgan fingerprint density at radius 3 is 2.81 bits per heavy atom. The molecule has 1 aliphatic carbocycles. The maximum Gasteiger partial charge on any atom is 0.292 e. The number of aromatic nitrogens is 3. The molecule has 7 nitrogen and oxygen atoms in total. The van der Waals surface area contributed by atoms with E-state index < -0.39 is 0 Å². The Kier molecular flexibility index (Phi) is 4.80. The highest BCUT2D eigenvalue weighted by Gasteiger charge is 2.31. The van der Waals surface area contributed by atoms with Crippen LogP contribution in [0.4, 0.5) is 0 Å². The van der Waals surface area contributed by atoms with Crippen molar-refractivity contribution < 1.29 is 14.1 Å². The van der Waals surface area contributed by atoms with E-state index in [4.69, 9.17) is 9.26 Å². The third-order valence-corrected chi connectivity index (χ3v) is 5.44. The first kappa shape index (κ1) is 17.3. The van der Waals surface area contributed by atoms with E-state index in [0.717, 1.165) is 30.1 Å². The Hall–Kier alpha value is -2.15. The molecule has 0 bridgehead atoms. The number of carbonyl (C=O) groups excluding carboxylic acids is 1. The van der Waals surface area contributed by atoms with E-state index in [2.05, 4.69) is 10.1 Å². The first-order valence-electron chi connectivity index (χ1n) is 9.49. The lowest BCUT2D eigenvalue weighted by Gasteiger charge is -2.31. The van der Waals surface area contributed by atoms with Crippen molar-refractivity contribution in [1.82, 2.24) is 19.6 Å². The van der Waals surface area contributed by atoms with Gasteiger partial charge in [-0.25, -0.2) is 4.98 Å². The maximum atomic E-state index is 12.9. The minimum Gasteiger partial charge on any atom is -0.367 e. The summed E-state index contributed by atoms with van der Waals surface area (Å²) >= 11 is 0. The van der Waals surface area contributed by atoms with Gasteiger partial charge in [0.15, 0.2) is 0 Å². The first-order chi connectivity index (χ1) is 12.6. The van der Waals surface area contributed by atoms with Gasteiger partial charge in [-0.15, -0.1) is 0 Å². The lowest BCUT2D eigenvalue weighted by atomic mass is 9.87. The van der Waals surface area contributed by atoms with Crippen molar-refractivity contribution in [2.24, 2.45) is 7.05 Å². The van der Waals surface area contributed by atoms with Gasteiger partial charge >= 0.3 is 0 Å². The second-order valence-corrected chi connectivity index (χ2v) is 7.41. The predicted molar refractivity (Wildman–Crippen MR) is 94.9 cm³/mol. The lowest BCUT2D eigenvalue weighted by molar-refractivity contribution is -0.0290. The van der Waals surface area contributed by atoms with Gasteiger partial charge in [-0.2, -0.15) is 0 Å². The number of rotatable bonds is 3. The molecule has 2 aromatic heterocycles. The van der Waals surface area contributed by atoms with Crippen LogP contribution in [0.1, 0.15) is 71.9 Å². The fourth-order valence-electron chi connectivity index (χ4n) is 4.06. The minimum atomic E-state index is -0.216. The summed E-state index contributed by atoms with van der Waals surface area (Å²) in [5.74, 6) is 1.50. The molecule has 0 aromatic carbocycles. The monoisotopic (exact) mass is 358 g/mol. The Bertz CT molecular complexity index is 776. The second kappa shape index (κ2) is 7.23. The lowest BCUT2D eigenvalue weighted by Crippen LogP contribution is -2.42. The summed E-state index contributed by atoms with van der Waals surface area (Å²) in [7, 11) is 1.95. The number of carbonyl (C=O) groups is 1. The molecule has 0 radical (unpaired) electrons. The number of morpholine rings is 1. The summed E-state index contributed by atoms with van der Waals surface area (Å²) in [5, 5.41) is 4.18. The van der Waals surface area contributed by atoms with Crippen LogP contribution in [0.3, 0.4) is 0 Å². The van der Waals surface area contributed by atoms with Gasteiger partial charge in [0.25, 0.3) is 5.91 Å². The van der Waals surface area contributed by atoms with Crippen molar-refractivity contribution in [2.45, 2.75) is 51.0 Å². The van der Waals surface area contributed by atoms with Crippen LogP contribution in [-0.2, 0) is 11.8 Å². The van der Waals surface area contributed by atoms with Crippen LogP contribution in [0, 0.1) is 6.92 Å². The molecule has 140 valence electrons. The molecule has 1 saturated carbocycles. The maximum absolute atomic E-state index is 12.9. The molecular weight excluding hydrogens is 332 g/mol. The molecule has 1 saturated heterocycles. The average molecular weight is 358 g/mol. The molecule has 1 atom stereocenters. The average Bonchev–Trinajstić information content (AvgIpc) is 3.28. The highest BCUT2D eigenvalue weighted by molar-refractivity contribution is 5.91. The van der Waals surface area contributed by atoms with Crippen LogP contribution in [0.2, 0.25) is 0 Å². The van der Waals surface area contributed by atoms with Gasteiger partial charge in [0, 0.05) is 31.8 Å². The molecule has 4 rings (SSSR count). The topological polar surface area (TPSA) is 73.4 Å². The van der Waals surface area contributed by atoms with Crippen molar-refractivity contribution in [3.05, 3.63) is 35.2 Å². The van der Waals surface area contributed by atoms with Crippen LogP contribution in [-0.4, -0.2) is 45.2 Å². The molecule has 2 aromatic rings. The van der Waals surface area contributed by atoms with Crippen LogP contribution >= 0.6 is 0 Å². The van der Waals surface area contributed by atoms with Gasteiger partial charge in [0.1, 0.15) is 11.9 Å². The van der Waals surface area contributed by atoms with E-state index in [0.29, 0.717) is 31.4 Å². The van der Waals surface area contributed by atoms with Crippen molar-refractivity contribution >= 4 is 5.91 Å². The number of hydrogen-bond acceptors (Lipinski definition) is 5. The van der Waals surface area contributed by atoms with Crippen LogP contribution in [0.25, 0.3) is 0 Å². The molecule has 3 heterocycles. The van der Waals surface area contributed by atoms with Crippen molar-refractivity contribution in [1.29, 1.82) is 0 Å². The number of nitrogens with zero attached hydrogens (tertiary/aromatic N) is 4. The van der Waals surface area contributed by atoms with Gasteiger partial charge in [-0.05, 0) is 19.8 Å². The van der Waals surface area contributed by atoms with E-state index in [9.17, 15) is 4.79 Å². The van der Waals surface area contributed by atoms with Crippen molar-refractivity contribution in [3.63, 3.8) is 0 Å². The highest BCUT2D eigenvalue weighted by atomic mass is 16.5. The minimum absolute atomic E-state index is 0.112. The van der Waals surface area contributed by atoms with Gasteiger partial charge in [-0.1, -0.05) is 24.4 Å². The van der Waals surface area contributed by atoms with Crippen molar-refractivity contribution in [2.75, 3.05) is 19.7 Å². The summed E-state index contributed by atoms with van der Waals surface area (Å²) in [6, 6.07) is 1.84. The second-order valence-electron chi connectivity index (χ2n) is 7.41. The summed E-state index contributed by atoms with van der Waals surface area (Å²) in [6.45, 7) is 3.48. The summed E-state index contributed by atoms with van der Waals surface area (Å²) < 4.78 is 13.2. The van der Waals surface area contributed by atoms with Gasteiger partial charge in [-0.3, -0.25) is 4.79 Å². The molecule has 1 amide bonds. The van der Waals surface area contributed by atoms with Crippen LogP contribution in [0.15, 0.2) is 16.8 Å². The summed E-state index contributed by atoms with van der Waals surface area (Å²) in [6.07, 6.45) is 7.78. The number of imidazole rings is 1. The van der Waals surface area contributed by atoms with Crippen molar-refractivity contribution in [3.8, 4) is 0 Å². The third-order valence-electron chi connectivity index (χ3n) is 5.44. The van der Waals surface area contributed by atoms with Crippen LogP contribution in [0.5, 0.6) is 0 Å². The normalized spacial score (nSPS) is 21.9. The fraction of sp³-hybridized carbons (Fsp3) is 0.632. The molecule has 7 heteroatoms. The molecule has 2 aliphatic rings. The Morgan fingerprint density at radius 1 is 1.27 bits per heavy atom.